The molecule has 6 heteroatoms. The molecule has 0 aromatic heterocycles. The fourth-order valence-electron chi connectivity index (χ4n) is 3.21. The zero-order valence-electron chi connectivity index (χ0n) is 18.4. The number of ether oxygens (including phenoxy) is 2. The van der Waals surface area contributed by atoms with Crippen molar-refractivity contribution in [2.24, 2.45) is 0 Å². The Labute approximate surface area is 194 Å². The monoisotopic (exact) mass is 448 g/mol. The van der Waals surface area contributed by atoms with E-state index >= 15 is 0 Å². The zero-order valence-corrected chi connectivity index (χ0v) is 19.2. The van der Waals surface area contributed by atoms with Crippen LogP contribution in [0.25, 0.3) is 16.8 Å². The van der Waals surface area contributed by atoms with Crippen LogP contribution in [-0.2, 0) is 11.3 Å². The third-order valence-electron chi connectivity index (χ3n) is 4.91. The van der Waals surface area contributed by atoms with Crippen molar-refractivity contribution in [1.82, 2.24) is 10.6 Å². The van der Waals surface area contributed by atoms with Crippen LogP contribution in [-0.4, -0.2) is 24.7 Å². The van der Waals surface area contributed by atoms with Crippen LogP contribution in [0.3, 0.4) is 0 Å². The maximum atomic E-state index is 12.3. The van der Waals surface area contributed by atoms with E-state index in [1.807, 2.05) is 60.7 Å². The number of hydrogen-bond acceptors (Lipinski definition) is 4. The highest BCUT2D eigenvalue weighted by Crippen LogP contribution is 2.28. The van der Waals surface area contributed by atoms with Crippen LogP contribution in [0, 0.1) is 0 Å². The van der Waals surface area contributed by atoms with E-state index in [1.54, 1.807) is 13.2 Å². The predicted molar refractivity (Wildman–Crippen MR) is 134 cm³/mol. The molecule has 3 rings (SSSR count). The minimum atomic E-state index is -0.285. The lowest BCUT2D eigenvalue weighted by atomic mass is 10.0. The van der Waals surface area contributed by atoms with Gasteiger partial charge in [0.05, 0.1) is 13.7 Å². The second-order valence-corrected chi connectivity index (χ2v) is 7.67. The summed E-state index contributed by atoms with van der Waals surface area (Å²) in [6, 6.07) is 19.8. The first-order chi connectivity index (χ1) is 15.6. The summed E-state index contributed by atoms with van der Waals surface area (Å²) in [5, 5.41) is 8.22. The van der Waals surface area contributed by atoms with E-state index in [0.717, 1.165) is 40.5 Å². The molecule has 2 N–H and O–H groups in total. The van der Waals surface area contributed by atoms with Gasteiger partial charge in [-0.15, -0.1) is 0 Å². The summed E-state index contributed by atoms with van der Waals surface area (Å²) in [7, 11) is 1.62. The van der Waals surface area contributed by atoms with Gasteiger partial charge in [0.25, 0.3) is 0 Å². The number of rotatable bonds is 9. The molecule has 0 fully saturated rings. The Morgan fingerprint density at radius 3 is 2.69 bits per heavy atom. The van der Waals surface area contributed by atoms with Crippen LogP contribution in [0.1, 0.15) is 30.9 Å². The standard InChI is InChI=1S/C26H28N2O3S/c1-3-4-16-31-23-14-12-19(17-24(23)30-2)18-27-26(32)28-25(29)15-13-21-10-7-9-20-8-5-6-11-22(20)21/h5-15,17H,3-4,16,18H2,1-2H3,(H2,27,28,29,32)/b15-13+. The highest BCUT2D eigenvalue weighted by atomic mass is 32.1. The van der Waals surface area contributed by atoms with Gasteiger partial charge in [0, 0.05) is 12.6 Å². The molecule has 1 amide bonds. The number of unbranched alkanes of at least 4 members (excludes halogenated alkanes) is 1. The molecule has 166 valence electrons. The normalized spacial score (nSPS) is 10.8. The van der Waals surface area contributed by atoms with Gasteiger partial charge in [-0.05, 0) is 58.7 Å². The minimum Gasteiger partial charge on any atom is -0.493 e. The summed E-state index contributed by atoms with van der Waals surface area (Å²) in [5.74, 6) is 1.11. The second kappa shape index (κ2) is 11.9. The quantitative estimate of drug-likeness (QED) is 0.267. The smallest absolute Gasteiger partial charge is 0.250 e. The summed E-state index contributed by atoms with van der Waals surface area (Å²) in [6.45, 7) is 3.24. The average molecular weight is 449 g/mol. The van der Waals surface area contributed by atoms with E-state index in [1.165, 1.54) is 6.08 Å². The summed E-state index contributed by atoms with van der Waals surface area (Å²) in [5.41, 5.74) is 1.94. The second-order valence-electron chi connectivity index (χ2n) is 7.26. The molecular weight excluding hydrogens is 420 g/mol. The van der Waals surface area contributed by atoms with Gasteiger partial charge in [0.2, 0.25) is 5.91 Å². The zero-order chi connectivity index (χ0) is 22.8. The van der Waals surface area contributed by atoms with Crippen molar-refractivity contribution in [1.29, 1.82) is 0 Å². The molecule has 0 heterocycles. The summed E-state index contributed by atoms with van der Waals surface area (Å²) in [4.78, 5) is 12.3. The molecule has 0 radical (unpaired) electrons. The van der Waals surface area contributed by atoms with Crippen LogP contribution in [0.2, 0.25) is 0 Å². The SMILES string of the molecule is CCCCOc1ccc(CNC(=S)NC(=O)/C=C/c2cccc3ccccc23)cc1OC. The van der Waals surface area contributed by atoms with E-state index in [9.17, 15) is 4.79 Å². The molecule has 3 aromatic carbocycles. The van der Waals surface area contributed by atoms with Crippen LogP contribution in [0.15, 0.2) is 66.7 Å². The van der Waals surface area contributed by atoms with E-state index < -0.39 is 0 Å². The topological polar surface area (TPSA) is 59.6 Å². The number of carbonyl (C=O) groups is 1. The first kappa shape index (κ1) is 23.3. The van der Waals surface area contributed by atoms with Gasteiger partial charge in [-0.25, -0.2) is 0 Å². The van der Waals surface area contributed by atoms with Crippen LogP contribution in [0.4, 0.5) is 0 Å². The molecule has 0 spiro atoms. The Kier molecular flexibility index (Phi) is 8.63. The van der Waals surface area contributed by atoms with Crippen molar-refractivity contribution in [3.8, 4) is 11.5 Å². The summed E-state index contributed by atoms with van der Waals surface area (Å²) < 4.78 is 11.2. The van der Waals surface area contributed by atoms with E-state index in [-0.39, 0.29) is 11.0 Å². The highest BCUT2D eigenvalue weighted by Gasteiger charge is 2.07. The molecule has 0 saturated heterocycles. The molecule has 0 aliphatic carbocycles. The van der Waals surface area contributed by atoms with Crippen molar-refractivity contribution in [3.63, 3.8) is 0 Å². The Hall–Kier alpha value is -3.38. The largest absolute Gasteiger partial charge is 0.493 e. The summed E-state index contributed by atoms with van der Waals surface area (Å²) >= 11 is 5.26. The van der Waals surface area contributed by atoms with Gasteiger partial charge in [-0.2, -0.15) is 0 Å². The fraction of sp³-hybridized carbons (Fsp3) is 0.231. The molecule has 0 bridgehead atoms. The van der Waals surface area contributed by atoms with E-state index in [4.69, 9.17) is 21.7 Å². The molecule has 32 heavy (non-hydrogen) atoms. The third kappa shape index (κ3) is 6.56. The molecule has 0 saturated carbocycles. The van der Waals surface area contributed by atoms with Crippen molar-refractivity contribution >= 4 is 40.1 Å². The number of nitrogens with one attached hydrogen (secondary N) is 2. The van der Waals surface area contributed by atoms with Crippen molar-refractivity contribution in [2.45, 2.75) is 26.3 Å². The van der Waals surface area contributed by atoms with Gasteiger partial charge in [-0.3, -0.25) is 10.1 Å². The Bertz CT molecular complexity index is 1110. The molecule has 0 unspecified atom stereocenters. The molecule has 3 aromatic rings. The Morgan fingerprint density at radius 1 is 1.06 bits per heavy atom. The minimum absolute atomic E-state index is 0.264. The van der Waals surface area contributed by atoms with Crippen LogP contribution < -0.4 is 20.1 Å². The number of amides is 1. The lowest BCUT2D eigenvalue weighted by molar-refractivity contribution is -0.115. The maximum Gasteiger partial charge on any atom is 0.250 e. The first-order valence-electron chi connectivity index (χ1n) is 10.6. The number of benzene rings is 3. The van der Waals surface area contributed by atoms with Gasteiger partial charge in [0.1, 0.15) is 0 Å². The number of carbonyl (C=O) groups excluding carboxylic acids is 1. The van der Waals surface area contributed by atoms with Crippen LogP contribution in [0.5, 0.6) is 11.5 Å². The molecule has 0 atom stereocenters. The predicted octanol–water partition coefficient (Wildman–Crippen LogP) is 5.23. The molecule has 0 aliphatic rings. The number of thiocarbonyl (C=S) groups is 1. The fourth-order valence-corrected chi connectivity index (χ4v) is 3.38. The average Bonchev–Trinajstić information content (AvgIpc) is 2.82. The number of methoxy groups -OCH3 is 1. The van der Waals surface area contributed by atoms with Crippen LogP contribution >= 0.6 is 12.2 Å². The highest BCUT2D eigenvalue weighted by molar-refractivity contribution is 7.80. The Balaban J connectivity index is 1.53. The van der Waals surface area contributed by atoms with Gasteiger partial charge < -0.3 is 14.8 Å². The number of fused-ring (bicyclic) bond motifs is 1. The van der Waals surface area contributed by atoms with E-state index in [0.29, 0.717) is 18.9 Å². The molecule has 5 nitrogen and oxygen atoms in total. The molecular formula is C26H28N2O3S. The lowest BCUT2D eigenvalue weighted by Gasteiger charge is -2.13. The lowest BCUT2D eigenvalue weighted by Crippen LogP contribution is -2.37. The molecule has 0 aliphatic heterocycles. The number of hydrogen-bond donors (Lipinski definition) is 2. The van der Waals surface area contributed by atoms with Crippen molar-refractivity contribution in [3.05, 3.63) is 77.9 Å². The Morgan fingerprint density at radius 2 is 1.88 bits per heavy atom. The first-order valence-corrected chi connectivity index (χ1v) is 11.1. The third-order valence-corrected chi connectivity index (χ3v) is 5.16. The van der Waals surface area contributed by atoms with Gasteiger partial charge >= 0.3 is 0 Å². The van der Waals surface area contributed by atoms with E-state index in [2.05, 4.69) is 17.6 Å². The van der Waals surface area contributed by atoms with Crippen molar-refractivity contribution in [2.75, 3.05) is 13.7 Å². The van der Waals surface area contributed by atoms with Gasteiger partial charge in [-0.1, -0.05) is 61.9 Å². The van der Waals surface area contributed by atoms with Crippen molar-refractivity contribution < 1.29 is 14.3 Å². The summed E-state index contributed by atoms with van der Waals surface area (Å²) in [6.07, 6.45) is 5.35. The van der Waals surface area contributed by atoms with Gasteiger partial charge in [0.15, 0.2) is 16.6 Å². The maximum absolute atomic E-state index is 12.3.